The molecule has 7 heteroatoms. The summed E-state index contributed by atoms with van der Waals surface area (Å²) in [5.41, 5.74) is 0.623. The molecule has 0 saturated heterocycles. The van der Waals surface area contributed by atoms with Gasteiger partial charge in [-0.3, -0.25) is 4.79 Å². The molecule has 1 amide bonds. The summed E-state index contributed by atoms with van der Waals surface area (Å²) in [6.07, 6.45) is -0.00148. The van der Waals surface area contributed by atoms with Crippen molar-refractivity contribution in [3.05, 3.63) is 29.8 Å². The Labute approximate surface area is 136 Å². The Hall–Kier alpha value is -1.89. The lowest BCUT2D eigenvalue weighted by Gasteiger charge is -2.17. The molecule has 1 aromatic carbocycles. The molecule has 1 aromatic rings. The molecule has 0 aliphatic rings. The van der Waals surface area contributed by atoms with Gasteiger partial charge in [-0.1, -0.05) is 26.0 Å². The van der Waals surface area contributed by atoms with Crippen molar-refractivity contribution in [2.75, 3.05) is 0 Å². The first-order valence-electron chi connectivity index (χ1n) is 7.40. The molecular formula is C16H23NO5S. The summed E-state index contributed by atoms with van der Waals surface area (Å²) in [7, 11) is -3.34. The molecular weight excluding hydrogens is 318 g/mol. The van der Waals surface area contributed by atoms with Crippen LogP contribution in [0.3, 0.4) is 0 Å². The summed E-state index contributed by atoms with van der Waals surface area (Å²) in [4.78, 5) is 23.2. The fourth-order valence-electron chi connectivity index (χ4n) is 1.99. The van der Waals surface area contributed by atoms with E-state index >= 15 is 0 Å². The molecule has 6 nitrogen and oxygen atoms in total. The van der Waals surface area contributed by atoms with Crippen LogP contribution in [0.4, 0.5) is 0 Å². The molecule has 0 fully saturated rings. The number of carboxylic acids is 1. The van der Waals surface area contributed by atoms with Gasteiger partial charge in [0.2, 0.25) is 5.91 Å². The lowest BCUT2D eigenvalue weighted by Crippen LogP contribution is -2.44. The minimum Gasteiger partial charge on any atom is -0.480 e. The number of hydrogen-bond acceptors (Lipinski definition) is 4. The van der Waals surface area contributed by atoms with Gasteiger partial charge in [-0.05, 0) is 37.5 Å². The second kappa shape index (κ2) is 7.59. The van der Waals surface area contributed by atoms with Gasteiger partial charge in [0, 0.05) is 0 Å². The lowest BCUT2D eigenvalue weighted by molar-refractivity contribution is -0.143. The number of benzene rings is 1. The summed E-state index contributed by atoms with van der Waals surface area (Å²) >= 11 is 0. The molecule has 0 aromatic heterocycles. The highest BCUT2D eigenvalue weighted by molar-refractivity contribution is 7.92. The van der Waals surface area contributed by atoms with Crippen LogP contribution in [-0.4, -0.2) is 36.7 Å². The molecule has 0 radical (unpaired) electrons. The first-order chi connectivity index (χ1) is 10.6. The molecule has 23 heavy (non-hydrogen) atoms. The molecule has 0 aliphatic heterocycles. The zero-order valence-corrected chi connectivity index (χ0v) is 14.6. The highest BCUT2D eigenvalue weighted by atomic mass is 32.2. The van der Waals surface area contributed by atoms with E-state index in [0.29, 0.717) is 5.56 Å². The third-order valence-corrected chi connectivity index (χ3v) is 5.66. The van der Waals surface area contributed by atoms with Crippen molar-refractivity contribution < 1.29 is 23.1 Å². The number of carboxylic acid groups (broad SMARTS) is 1. The molecule has 0 spiro atoms. The number of sulfone groups is 1. The van der Waals surface area contributed by atoms with E-state index in [2.05, 4.69) is 5.32 Å². The summed E-state index contributed by atoms with van der Waals surface area (Å²) in [5.74, 6) is -1.72. The Morgan fingerprint density at radius 3 is 2.00 bits per heavy atom. The van der Waals surface area contributed by atoms with Crippen LogP contribution < -0.4 is 5.32 Å². The zero-order chi connectivity index (χ0) is 17.8. The van der Waals surface area contributed by atoms with Crippen LogP contribution in [0.2, 0.25) is 0 Å². The van der Waals surface area contributed by atoms with Crippen LogP contribution in [-0.2, 0) is 25.8 Å². The minimum absolute atomic E-state index is 0.00148. The SMILES string of the molecule is CC(C)[C@@H](NC(=O)Cc1ccc(S(=O)(=O)C(C)C)cc1)C(=O)O. The third kappa shape index (κ3) is 5.06. The van der Waals surface area contributed by atoms with Crippen molar-refractivity contribution in [3.63, 3.8) is 0 Å². The first-order valence-corrected chi connectivity index (χ1v) is 8.95. The molecule has 0 saturated carbocycles. The monoisotopic (exact) mass is 341 g/mol. The Morgan fingerprint density at radius 1 is 1.09 bits per heavy atom. The molecule has 1 rings (SSSR count). The van der Waals surface area contributed by atoms with E-state index in [-0.39, 0.29) is 17.2 Å². The van der Waals surface area contributed by atoms with Crippen molar-refractivity contribution in [1.29, 1.82) is 0 Å². The van der Waals surface area contributed by atoms with Gasteiger partial charge in [-0.15, -0.1) is 0 Å². The number of nitrogens with one attached hydrogen (secondary N) is 1. The van der Waals surface area contributed by atoms with E-state index in [1.54, 1.807) is 39.8 Å². The zero-order valence-electron chi connectivity index (χ0n) is 13.7. The molecule has 2 N–H and O–H groups in total. The second-order valence-corrected chi connectivity index (χ2v) is 8.55. The summed E-state index contributed by atoms with van der Waals surface area (Å²) in [6, 6.07) is 5.13. The number of carbonyl (C=O) groups excluding carboxylic acids is 1. The second-order valence-electron chi connectivity index (χ2n) is 6.04. The molecule has 0 heterocycles. The fraction of sp³-hybridized carbons (Fsp3) is 0.500. The van der Waals surface area contributed by atoms with E-state index < -0.39 is 33.0 Å². The van der Waals surface area contributed by atoms with Crippen molar-refractivity contribution >= 4 is 21.7 Å². The Kier molecular flexibility index (Phi) is 6.32. The standard InChI is InChI=1S/C16H23NO5S/c1-10(2)15(16(19)20)17-14(18)9-12-5-7-13(8-6-12)23(21,22)11(3)4/h5-8,10-11,15H,9H2,1-4H3,(H,17,18)(H,19,20)/t15-/m1/s1. The van der Waals surface area contributed by atoms with E-state index in [9.17, 15) is 18.0 Å². The van der Waals surface area contributed by atoms with E-state index in [4.69, 9.17) is 5.11 Å². The van der Waals surface area contributed by atoms with Crippen LogP contribution >= 0.6 is 0 Å². The Bertz CT molecular complexity index is 662. The summed E-state index contributed by atoms with van der Waals surface area (Å²) < 4.78 is 24.0. The van der Waals surface area contributed by atoms with Gasteiger partial charge in [0.1, 0.15) is 6.04 Å². The number of aliphatic carboxylic acids is 1. The van der Waals surface area contributed by atoms with Crippen LogP contribution in [0.5, 0.6) is 0 Å². The van der Waals surface area contributed by atoms with Crippen LogP contribution in [0, 0.1) is 5.92 Å². The van der Waals surface area contributed by atoms with Gasteiger partial charge >= 0.3 is 5.97 Å². The van der Waals surface area contributed by atoms with Crippen molar-refractivity contribution in [2.45, 2.75) is 50.3 Å². The van der Waals surface area contributed by atoms with E-state index in [1.807, 2.05) is 0 Å². The van der Waals surface area contributed by atoms with Gasteiger partial charge < -0.3 is 10.4 Å². The topological polar surface area (TPSA) is 101 Å². The molecule has 0 bridgehead atoms. The highest BCUT2D eigenvalue weighted by Crippen LogP contribution is 2.16. The van der Waals surface area contributed by atoms with E-state index in [0.717, 1.165) is 0 Å². The quantitative estimate of drug-likeness (QED) is 0.785. The highest BCUT2D eigenvalue weighted by Gasteiger charge is 2.23. The van der Waals surface area contributed by atoms with Gasteiger partial charge in [-0.2, -0.15) is 0 Å². The maximum Gasteiger partial charge on any atom is 0.326 e. The van der Waals surface area contributed by atoms with Crippen LogP contribution in [0.1, 0.15) is 33.3 Å². The van der Waals surface area contributed by atoms with Crippen molar-refractivity contribution in [1.82, 2.24) is 5.32 Å². The van der Waals surface area contributed by atoms with Gasteiger partial charge in [0.25, 0.3) is 0 Å². The van der Waals surface area contributed by atoms with Gasteiger partial charge in [0.05, 0.1) is 16.6 Å². The Balaban J connectivity index is 2.79. The predicted octanol–water partition coefficient (Wildman–Crippen LogP) is 1.64. The first kappa shape index (κ1) is 19.2. The van der Waals surface area contributed by atoms with Crippen LogP contribution in [0.15, 0.2) is 29.2 Å². The normalized spacial score (nSPS) is 13.1. The summed E-state index contributed by atoms with van der Waals surface area (Å²) in [5, 5.41) is 11.0. The number of rotatable bonds is 7. The van der Waals surface area contributed by atoms with Crippen molar-refractivity contribution in [3.8, 4) is 0 Å². The maximum absolute atomic E-state index is 12.0. The number of carbonyl (C=O) groups is 2. The van der Waals surface area contributed by atoms with Gasteiger partial charge in [0.15, 0.2) is 9.84 Å². The van der Waals surface area contributed by atoms with E-state index in [1.165, 1.54) is 12.1 Å². The number of amides is 1. The average molecular weight is 341 g/mol. The van der Waals surface area contributed by atoms with Crippen molar-refractivity contribution in [2.24, 2.45) is 5.92 Å². The summed E-state index contributed by atoms with van der Waals surface area (Å²) in [6.45, 7) is 6.64. The predicted molar refractivity (Wildman–Crippen MR) is 86.9 cm³/mol. The fourth-order valence-corrected chi connectivity index (χ4v) is 3.05. The molecule has 0 unspecified atom stereocenters. The number of hydrogen-bond donors (Lipinski definition) is 2. The largest absolute Gasteiger partial charge is 0.480 e. The van der Waals surface area contributed by atoms with Gasteiger partial charge in [-0.25, -0.2) is 13.2 Å². The third-order valence-electron chi connectivity index (χ3n) is 3.49. The molecule has 1 atom stereocenters. The smallest absolute Gasteiger partial charge is 0.326 e. The van der Waals surface area contributed by atoms with Crippen LogP contribution in [0.25, 0.3) is 0 Å². The lowest BCUT2D eigenvalue weighted by atomic mass is 10.0. The maximum atomic E-state index is 12.0. The minimum atomic E-state index is -3.34. The molecule has 128 valence electrons. The molecule has 0 aliphatic carbocycles. The average Bonchev–Trinajstić information content (AvgIpc) is 2.44. The Morgan fingerprint density at radius 2 is 1.61 bits per heavy atom.